The lowest BCUT2D eigenvalue weighted by molar-refractivity contribution is -0.131. The Labute approximate surface area is 156 Å². The third-order valence-electron chi connectivity index (χ3n) is 4.77. The topological polar surface area (TPSA) is 113 Å². The molecule has 2 aliphatic heterocycles. The van der Waals surface area contributed by atoms with Gasteiger partial charge in [-0.2, -0.15) is 0 Å². The van der Waals surface area contributed by atoms with Crippen LogP contribution in [0.1, 0.15) is 19.3 Å². The van der Waals surface area contributed by atoms with Crippen LogP contribution in [0, 0.1) is 17.7 Å². The van der Waals surface area contributed by atoms with Crippen LogP contribution in [-0.2, 0) is 24.2 Å². The molecule has 2 N–H and O–H groups in total. The van der Waals surface area contributed by atoms with Crippen LogP contribution in [-0.4, -0.2) is 44.2 Å². The molecule has 0 spiro atoms. The zero-order valence-electron chi connectivity index (χ0n) is 14.5. The van der Waals surface area contributed by atoms with Crippen molar-refractivity contribution in [2.45, 2.75) is 19.3 Å². The Morgan fingerprint density at radius 2 is 1.96 bits per heavy atom. The van der Waals surface area contributed by atoms with Gasteiger partial charge < -0.3 is 4.90 Å². The predicted molar refractivity (Wildman–Crippen MR) is 94.5 cm³/mol. The summed E-state index contributed by atoms with van der Waals surface area (Å²) in [6.45, 7) is 0.0162. The SMILES string of the molecule is O=C(CC1CCS(=O)(=O)C1)NNC(=O)C1CC(=O)N(c2ccccc2F)C1. The first kappa shape index (κ1) is 19.3. The summed E-state index contributed by atoms with van der Waals surface area (Å²) in [6, 6.07) is 5.81. The first-order valence-corrected chi connectivity index (χ1v) is 10.4. The molecule has 0 saturated carbocycles. The van der Waals surface area contributed by atoms with Crippen molar-refractivity contribution in [3.05, 3.63) is 30.1 Å². The molecule has 2 unspecified atom stereocenters. The van der Waals surface area contributed by atoms with E-state index in [1.165, 1.54) is 23.1 Å². The molecule has 2 heterocycles. The third-order valence-corrected chi connectivity index (χ3v) is 6.60. The molecular formula is C17H20FN3O5S. The van der Waals surface area contributed by atoms with Crippen LogP contribution in [0.2, 0.25) is 0 Å². The van der Waals surface area contributed by atoms with Gasteiger partial charge in [0, 0.05) is 19.4 Å². The van der Waals surface area contributed by atoms with E-state index in [4.69, 9.17) is 0 Å². The van der Waals surface area contributed by atoms with Crippen molar-refractivity contribution < 1.29 is 27.2 Å². The number of amides is 3. The lowest BCUT2D eigenvalue weighted by Crippen LogP contribution is -2.45. The Kier molecular flexibility index (Phi) is 5.45. The second-order valence-electron chi connectivity index (χ2n) is 6.87. The molecule has 27 heavy (non-hydrogen) atoms. The molecule has 3 amide bonds. The van der Waals surface area contributed by atoms with E-state index >= 15 is 0 Å². The first-order chi connectivity index (χ1) is 12.7. The monoisotopic (exact) mass is 397 g/mol. The van der Waals surface area contributed by atoms with E-state index in [-0.39, 0.29) is 48.4 Å². The number of rotatable bonds is 4. The van der Waals surface area contributed by atoms with Gasteiger partial charge in [0.25, 0.3) is 0 Å². The highest BCUT2D eigenvalue weighted by Crippen LogP contribution is 2.27. The van der Waals surface area contributed by atoms with Crippen molar-refractivity contribution in [2.75, 3.05) is 23.0 Å². The Hall–Kier alpha value is -2.49. The Morgan fingerprint density at radius 1 is 1.22 bits per heavy atom. The molecule has 0 aliphatic carbocycles. The molecule has 0 bridgehead atoms. The molecule has 1 aromatic carbocycles. The van der Waals surface area contributed by atoms with Crippen molar-refractivity contribution in [1.29, 1.82) is 0 Å². The van der Waals surface area contributed by atoms with E-state index in [2.05, 4.69) is 10.9 Å². The minimum atomic E-state index is -3.07. The molecule has 3 rings (SSSR count). The maximum absolute atomic E-state index is 13.9. The number of benzene rings is 1. The number of halogens is 1. The number of hydrogen-bond donors (Lipinski definition) is 2. The van der Waals surface area contributed by atoms with Crippen LogP contribution in [0.5, 0.6) is 0 Å². The van der Waals surface area contributed by atoms with Crippen molar-refractivity contribution in [3.63, 3.8) is 0 Å². The minimum Gasteiger partial charge on any atom is -0.309 e. The number of carbonyl (C=O) groups excluding carboxylic acids is 3. The van der Waals surface area contributed by atoms with E-state index in [1.807, 2.05) is 0 Å². The summed E-state index contributed by atoms with van der Waals surface area (Å²) in [7, 11) is -3.07. The molecule has 0 radical (unpaired) electrons. The number of hydrogen-bond acceptors (Lipinski definition) is 5. The first-order valence-electron chi connectivity index (χ1n) is 8.59. The summed E-state index contributed by atoms with van der Waals surface area (Å²) in [5.74, 6) is -2.87. The molecule has 1 aromatic rings. The summed E-state index contributed by atoms with van der Waals surface area (Å²) >= 11 is 0. The number of nitrogens with zero attached hydrogens (tertiary/aromatic N) is 1. The minimum absolute atomic E-state index is 0.00442. The third kappa shape index (κ3) is 4.62. The average Bonchev–Trinajstić information content (AvgIpc) is 3.15. The molecular weight excluding hydrogens is 377 g/mol. The van der Waals surface area contributed by atoms with Gasteiger partial charge in [0.15, 0.2) is 9.84 Å². The van der Waals surface area contributed by atoms with Crippen LogP contribution in [0.15, 0.2) is 24.3 Å². The maximum atomic E-state index is 13.9. The maximum Gasteiger partial charge on any atom is 0.243 e. The standard InChI is InChI=1S/C17H20FN3O5S/c18-13-3-1-2-4-14(13)21-9-12(8-16(21)23)17(24)20-19-15(22)7-11-5-6-27(25,26)10-11/h1-4,11-12H,5-10H2,(H,19,22)(H,20,24). The lowest BCUT2D eigenvalue weighted by Gasteiger charge is -2.17. The van der Waals surface area contributed by atoms with Gasteiger partial charge in [-0.3, -0.25) is 25.2 Å². The van der Waals surface area contributed by atoms with Gasteiger partial charge in [-0.15, -0.1) is 0 Å². The molecule has 2 fully saturated rings. The van der Waals surface area contributed by atoms with Crippen molar-refractivity contribution >= 4 is 33.2 Å². The fourth-order valence-electron chi connectivity index (χ4n) is 3.37. The van der Waals surface area contributed by atoms with Crippen LogP contribution in [0.3, 0.4) is 0 Å². The lowest BCUT2D eigenvalue weighted by atomic mass is 10.1. The zero-order valence-corrected chi connectivity index (χ0v) is 15.3. The number of anilines is 1. The molecule has 2 aliphatic rings. The number of hydrazine groups is 1. The fraction of sp³-hybridized carbons (Fsp3) is 0.471. The predicted octanol–water partition coefficient (Wildman–Crippen LogP) is 0.151. The number of para-hydroxylation sites is 1. The van der Waals surface area contributed by atoms with Gasteiger partial charge in [0.1, 0.15) is 5.82 Å². The number of nitrogens with one attached hydrogen (secondary N) is 2. The highest BCUT2D eigenvalue weighted by atomic mass is 32.2. The second-order valence-corrected chi connectivity index (χ2v) is 9.10. The average molecular weight is 397 g/mol. The summed E-state index contributed by atoms with van der Waals surface area (Å²) in [5.41, 5.74) is 4.64. The van der Waals surface area contributed by atoms with E-state index in [0.29, 0.717) is 6.42 Å². The largest absolute Gasteiger partial charge is 0.309 e. The van der Waals surface area contributed by atoms with E-state index in [9.17, 15) is 27.2 Å². The summed E-state index contributed by atoms with van der Waals surface area (Å²) in [4.78, 5) is 37.4. The van der Waals surface area contributed by atoms with Crippen molar-refractivity contribution in [1.82, 2.24) is 10.9 Å². The van der Waals surface area contributed by atoms with Gasteiger partial charge in [-0.1, -0.05) is 12.1 Å². The Balaban J connectivity index is 1.50. The second kappa shape index (κ2) is 7.63. The summed E-state index contributed by atoms with van der Waals surface area (Å²) in [6.07, 6.45) is 0.347. The van der Waals surface area contributed by atoms with E-state index in [0.717, 1.165) is 0 Å². The fourth-order valence-corrected chi connectivity index (χ4v) is 5.23. The summed E-state index contributed by atoms with van der Waals surface area (Å²) < 4.78 is 36.7. The molecule has 8 nitrogen and oxygen atoms in total. The van der Waals surface area contributed by atoms with Crippen LogP contribution in [0.4, 0.5) is 10.1 Å². The molecule has 2 atom stereocenters. The molecule has 10 heteroatoms. The number of carbonyl (C=O) groups is 3. The van der Waals surface area contributed by atoms with Crippen LogP contribution >= 0.6 is 0 Å². The van der Waals surface area contributed by atoms with Gasteiger partial charge in [0.2, 0.25) is 17.7 Å². The normalized spacial score (nSPS) is 24.0. The highest BCUT2D eigenvalue weighted by molar-refractivity contribution is 7.91. The zero-order chi connectivity index (χ0) is 19.6. The summed E-state index contributed by atoms with van der Waals surface area (Å²) in [5, 5.41) is 0. The molecule has 2 saturated heterocycles. The highest BCUT2D eigenvalue weighted by Gasteiger charge is 2.36. The van der Waals surface area contributed by atoms with Crippen molar-refractivity contribution in [2.24, 2.45) is 11.8 Å². The van der Waals surface area contributed by atoms with Gasteiger partial charge in [-0.25, -0.2) is 12.8 Å². The van der Waals surface area contributed by atoms with Crippen LogP contribution in [0.25, 0.3) is 0 Å². The van der Waals surface area contributed by atoms with Gasteiger partial charge >= 0.3 is 0 Å². The molecule has 146 valence electrons. The van der Waals surface area contributed by atoms with Crippen molar-refractivity contribution in [3.8, 4) is 0 Å². The Morgan fingerprint density at radius 3 is 2.63 bits per heavy atom. The Bertz CT molecular complexity index is 873. The number of sulfone groups is 1. The molecule has 0 aromatic heterocycles. The van der Waals surface area contributed by atoms with Gasteiger partial charge in [-0.05, 0) is 24.5 Å². The van der Waals surface area contributed by atoms with E-state index < -0.39 is 33.4 Å². The van der Waals surface area contributed by atoms with E-state index in [1.54, 1.807) is 6.07 Å². The quantitative estimate of drug-likeness (QED) is 0.703. The van der Waals surface area contributed by atoms with Crippen LogP contribution < -0.4 is 15.8 Å². The smallest absolute Gasteiger partial charge is 0.243 e. The van der Waals surface area contributed by atoms with Gasteiger partial charge in [0.05, 0.1) is 23.1 Å².